The molecule has 0 aliphatic heterocycles. The zero-order valence-corrected chi connectivity index (χ0v) is 26.0. The lowest BCUT2D eigenvalue weighted by Gasteiger charge is -2.15. The van der Waals surface area contributed by atoms with Crippen LogP contribution in [0, 0.1) is 11.3 Å². The van der Waals surface area contributed by atoms with Crippen molar-refractivity contribution in [3.8, 4) is 28.6 Å². The van der Waals surface area contributed by atoms with Crippen LogP contribution in [0.15, 0.2) is 152 Å². The molecule has 218 valence electrons. The highest BCUT2D eigenvalue weighted by molar-refractivity contribution is 7.26. The van der Waals surface area contributed by atoms with E-state index in [1.807, 2.05) is 23.5 Å². The standard InChI is InChI=1S/C43H25N3S/c44-26-28-11-10-20-39(46-37-18-8-4-14-30(37)31-15-5-9-19-38(31)46)41(28)27-21-24-40-35(25-27)34-23-22-33-32-16-6-7-17-36(32)45(42(33)43(34)47-40)29-12-2-1-3-13-29/h1-25H. The van der Waals surface area contributed by atoms with Crippen LogP contribution in [0.1, 0.15) is 5.56 Å². The lowest BCUT2D eigenvalue weighted by Crippen LogP contribution is -1.99. The summed E-state index contributed by atoms with van der Waals surface area (Å²) in [6.45, 7) is 0. The molecule has 0 saturated heterocycles. The van der Waals surface area contributed by atoms with Crippen LogP contribution in [0.2, 0.25) is 0 Å². The van der Waals surface area contributed by atoms with Crippen LogP contribution in [-0.4, -0.2) is 9.13 Å². The molecule has 4 heteroatoms. The summed E-state index contributed by atoms with van der Waals surface area (Å²) < 4.78 is 7.23. The van der Waals surface area contributed by atoms with E-state index in [4.69, 9.17) is 0 Å². The molecule has 3 nitrogen and oxygen atoms in total. The first kappa shape index (κ1) is 26.1. The van der Waals surface area contributed by atoms with Crippen molar-refractivity contribution in [2.24, 2.45) is 0 Å². The molecule has 3 aromatic heterocycles. The number of para-hydroxylation sites is 4. The first-order chi connectivity index (χ1) is 23.3. The number of hydrogen-bond acceptors (Lipinski definition) is 2. The molecule has 0 amide bonds. The number of hydrogen-bond donors (Lipinski definition) is 0. The molecule has 0 spiro atoms. The quantitative estimate of drug-likeness (QED) is 0.195. The number of nitrogens with zero attached hydrogens (tertiary/aromatic N) is 3. The molecule has 0 radical (unpaired) electrons. The molecule has 0 saturated carbocycles. The van der Waals surface area contributed by atoms with E-state index in [1.54, 1.807) is 0 Å². The Morgan fingerprint density at radius 2 is 1.11 bits per heavy atom. The molecule has 0 aliphatic rings. The van der Waals surface area contributed by atoms with Gasteiger partial charge in [-0.1, -0.05) is 97.1 Å². The van der Waals surface area contributed by atoms with Gasteiger partial charge in [0.1, 0.15) is 0 Å². The fourth-order valence-electron chi connectivity index (χ4n) is 7.59. The Morgan fingerprint density at radius 1 is 0.489 bits per heavy atom. The van der Waals surface area contributed by atoms with Gasteiger partial charge < -0.3 is 9.13 Å². The van der Waals surface area contributed by atoms with Crippen molar-refractivity contribution in [2.75, 3.05) is 0 Å². The lowest BCUT2D eigenvalue weighted by atomic mass is 9.96. The Kier molecular flexibility index (Phi) is 5.51. The first-order valence-corrected chi connectivity index (χ1v) is 16.6. The van der Waals surface area contributed by atoms with E-state index in [0.717, 1.165) is 33.5 Å². The van der Waals surface area contributed by atoms with E-state index in [1.165, 1.54) is 52.8 Å². The van der Waals surface area contributed by atoms with Gasteiger partial charge >= 0.3 is 0 Å². The Morgan fingerprint density at radius 3 is 1.81 bits per heavy atom. The zero-order chi connectivity index (χ0) is 31.1. The Hall–Kier alpha value is -6.15. The van der Waals surface area contributed by atoms with Crippen molar-refractivity contribution in [1.82, 2.24) is 9.13 Å². The highest BCUT2D eigenvalue weighted by atomic mass is 32.1. The van der Waals surface area contributed by atoms with E-state index >= 15 is 0 Å². The molecule has 3 heterocycles. The SMILES string of the molecule is N#Cc1cccc(-n2c3ccccc3c3ccccc32)c1-c1ccc2sc3c(ccc4c5ccccc5n(-c5ccccc5)c43)c2c1. The Labute approximate surface area is 274 Å². The largest absolute Gasteiger partial charge is 0.309 e. The normalized spacial score (nSPS) is 11.8. The molecule has 0 bridgehead atoms. The van der Waals surface area contributed by atoms with Gasteiger partial charge in [-0.05, 0) is 60.2 Å². The van der Waals surface area contributed by atoms with Gasteiger partial charge in [0, 0.05) is 48.3 Å². The summed E-state index contributed by atoms with van der Waals surface area (Å²) in [6, 6.07) is 56.3. The molecule has 0 unspecified atom stereocenters. The highest BCUT2D eigenvalue weighted by Gasteiger charge is 2.21. The summed E-state index contributed by atoms with van der Waals surface area (Å²) in [7, 11) is 0. The average molecular weight is 616 g/mol. The molecule has 0 N–H and O–H groups in total. The number of fused-ring (bicyclic) bond motifs is 10. The van der Waals surface area contributed by atoms with Crippen LogP contribution in [0.25, 0.3) is 86.3 Å². The number of nitriles is 1. The smallest absolute Gasteiger partial charge is 0.0998 e. The van der Waals surface area contributed by atoms with Crippen molar-refractivity contribution >= 4 is 75.1 Å². The molecule has 10 rings (SSSR count). The maximum absolute atomic E-state index is 10.4. The predicted octanol–water partition coefficient (Wildman–Crippen LogP) is 11.8. The van der Waals surface area contributed by atoms with Gasteiger partial charge in [-0.3, -0.25) is 0 Å². The summed E-state index contributed by atoms with van der Waals surface area (Å²) >= 11 is 1.84. The van der Waals surface area contributed by atoms with Crippen LogP contribution in [0.3, 0.4) is 0 Å². The maximum atomic E-state index is 10.4. The minimum absolute atomic E-state index is 0.662. The van der Waals surface area contributed by atoms with E-state index in [9.17, 15) is 5.26 Å². The third-order valence-electron chi connectivity index (χ3n) is 9.56. The average Bonchev–Trinajstić information content (AvgIpc) is 3.79. The molecule has 7 aromatic carbocycles. The molecule has 0 fully saturated rings. The van der Waals surface area contributed by atoms with Crippen LogP contribution in [0.5, 0.6) is 0 Å². The zero-order valence-electron chi connectivity index (χ0n) is 25.2. The van der Waals surface area contributed by atoms with Crippen molar-refractivity contribution in [3.05, 3.63) is 157 Å². The van der Waals surface area contributed by atoms with E-state index in [-0.39, 0.29) is 0 Å². The molecule has 10 aromatic rings. The third-order valence-corrected chi connectivity index (χ3v) is 10.8. The monoisotopic (exact) mass is 615 g/mol. The van der Waals surface area contributed by atoms with Crippen LogP contribution in [-0.2, 0) is 0 Å². The first-order valence-electron chi connectivity index (χ1n) is 15.8. The van der Waals surface area contributed by atoms with Crippen LogP contribution >= 0.6 is 11.3 Å². The van der Waals surface area contributed by atoms with Gasteiger partial charge in [-0.25, -0.2) is 0 Å². The summed E-state index contributed by atoms with van der Waals surface area (Å²) in [4.78, 5) is 0. The lowest BCUT2D eigenvalue weighted by molar-refractivity contribution is 1.18. The van der Waals surface area contributed by atoms with E-state index in [2.05, 4.69) is 155 Å². The minimum atomic E-state index is 0.662. The van der Waals surface area contributed by atoms with Gasteiger partial charge in [-0.15, -0.1) is 11.3 Å². The third kappa shape index (κ3) is 3.66. The number of aromatic nitrogens is 2. The molecule has 0 atom stereocenters. The van der Waals surface area contributed by atoms with Crippen molar-refractivity contribution in [2.45, 2.75) is 0 Å². The van der Waals surface area contributed by atoms with Gasteiger partial charge in [0.15, 0.2) is 0 Å². The Bertz CT molecular complexity index is 2860. The van der Waals surface area contributed by atoms with E-state index in [0.29, 0.717) is 5.56 Å². The van der Waals surface area contributed by atoms with E-state index < -0.39 is 0 Å². The van der Waals surface area contributed by atoms with Gasteiger partial charge in [0.25, 0.3) is 0 Å². The summed E-state index contributed by atoms with van der Waals surface area (Å²) in [5.41, 5.74) is 9.51. The predicted molar refractivity (Wildman–Crippen MR) is 198 cm³/mol. The molecular formula is C43H25N3S. The fourth-order valence-corrected chi connectivity index (χ4v) is 8.81. The van der Waals surface area contributed by atoms with Crippen molar-refractivity contribution in [3.63, 3.8) is 0 Å². The second kappa shape index (κ2) is 9.92. The summed E-state index contributed by atoms with van der Waals surface area (Å²) in [5, 5.41) is 17.8. The van der Waals surface area contributed by atoms with Gasteiger partial charge in [0.05, 0.1) is 44.1 Å². The van der Waals surface area contributed by atoms with Gasteiger partial charge in [-0.2, -0.15) is 5.26 Å². The fraction of sp³-hybridized carbons (Fsp3) is 0. The van der Waals surface area contributed by atoms with Crippen LogP contribution < -0.4 is 0 Å². The molecule has 0 aliphatic carbocycles. The maximum Gasteiger partial charge on any atom is 0.0998 e. The topological polar surface area (TPSA) is 33.6 Å². The summed E-state index contributed by atoms with van der Waals surface area (Å²) in [5.74, 6) is 0. The number of thiophene rings is 1. The Balaban J connectivity index is 1.27. The van der Waals surface area contributed by atoms with Crippen molar-refractivity contribution in [1.29, 1.82) is 5.26 Å². The van der Waals surface area contributed by atoms with Crippen molar-refractivity contribution < 1.29 is 0 Å². The molecular weight excluding hydrogens is 591 g/mol. The number of rotatable bonds is 3. The number of benzene rings is 7. The van der Waals surface area contributed by atoms with Gasteiger partial charge in [0.2, 0.25) is 0 Å². The van der Waals surface area contributed by atoms with Crippen LogP contribution in [0.4, 0.5) is 0 Å². The molecule has 47 heavy (non-hydrogen) atoms. The second-order valence-electron chi connectivity index (χ2n) is 12.0. The summed E-state index contributed by atoms with van der Waals surface area (Å²) in [6.07, 6.45) is 0. The highest BCUT2D eigenvalue weighted by Crippen LogP contribution is 2.45. The minimum Gasteiger partial charge on any atom is -0.309 e. The second-order valence-corrected chi connectivity index (χ2v) is 13.1.